The maximum absolute atomic E-state index is 14.3. The highest BCUT2D eigenvalue weighted by Crippen LogP contribution is 2.28. The average molecular weight is 815 g/mol. The number of benzene rings is 2. The van der Waals surface area contributed by atoms with Crippen LogP contribution in [0.2, 0.25) is 0 Å². The molecule has 0 aliphatic carbocycles. The lowest BCUT2D eigenvalue weighted by Crippen LogP contribution is -2.48. The summed E-state index contributed by atoms with van der Waals surface area (Å²) in [5.41, 5.74) is 1.94. The van der Waals surface area contributed by atoms with Crippen molar-refractivity contribution in [1.82, 2.24) is 15.5 Å². The zero-order valence-electron chi connectivity index (χ0n) is 35.5. The molecule has 0 radical (unpaired) electrons. The molecule has 0 saturated carbocycles. The maximum atomic E-state index is 14.3. The van der Waals surface area contributed by atoms with Gasteiger partial charge >= 0.3 is 6.09 Å². The van der Waals surface area contributed by atoms with Crippen molar-refractivity contribution in [2.24, 2.45) is 34.6 Å². The number of hydrogen-bond acceptors (Lipinski definition) is 8. The van der Waals surface area contributed by atoms with Crippen LogP contribution in [0.25, 0.3) is 0 Å². The number of alkyl carbamates (subject to hydrolysis) is 1. The van der Waals surface area contributed by atoms with E-state index in [1.165, 1.54) is 0 Å². The Labute approximate surface area is 350 Å². The van der Waals surface area contributed by atoms with Crippen molar-refractivity contribution in [3.8, 4) is 0 Å². The van der Waals surface area contributed by atoms with Crippen LogP contribution in [0.1, 0.15) is 104 Å². The van der Waals surface area contributed by atoms with Crippen LogP contribution in [-0.2, 0) is 36.9 Å². The van der Waals surface area contributed by atoms with E-state index < -0.39 is 30.0 Å². The van der Waals surface area contributed by atoms with Crippen LogP contribution < -0.4 is 10.6 Å². The number of allylic oxidation sites excluding steroid dienone is 1. The van der Waals surface area contributed by atoms with Crippen molar-refractivity contribution in [2.75, 3.05) is 19.6 Å². The van der Waals surface area contributed by atoms with E-state index in [0.29, 0.717) is 55.9 Å². The molecule has 316 valence electrons. The maximum Gasteiger partial charge on any atom is 0.407 e. The minimum absolute atomic E-state index is 0.0294. The van der Waals surface area contributed by atoms with Crippen molar-refractivity contribution in [3.63, 3.8) is 0 Å². The summed E-state index contributed by atoms with van der Waals surface area (Å²) in [4.78, 5) is 75.0. The highest BCUT2D eigenvalue weighted by Gasteiger charge is 2.39. The van der Waals surface area contributed by atoms with E-state index in [9.17, 15) is 24.0 Å². The van der Waals surface area contributed by atoms with Crippen LogP contribution >= 0.6 is 11.8 Å². The quantitative estimate of drug-likeness (QED) is 0.0901. The number of nitrogens with one attached hydrogen (secondary N) is 2. The number of rotatable bonds is 22. The van der Waals surface area contributed by atoms with Crippen LogP contribution in [-0.4, -0.2) is 76.4 Å². The van der Waals surface area contributed by atoms with Crippen molar-refractivity contribution in [2.45, 2.75) is 123 Å². The molecule has 2 aromatic rings. The number of nitrogens with zero attached hydrogens (tertiary/aromatic N) is 2. The predicted octanol–water partition coefficient (Wildman–Crippen LogP) is 8.38. The van der Waals surface area contributed by atoms with Crippen molar-refractivity contribution in [3.05, 3.63) is 83.9 Å². The third kappa shape index (κ3) is 15.5. The molecule has 11 heteroatoms. The largest absolute Gasteiger partial charge is 0.445 e. The van der Waals surface area contributed by atoms with E-state index in [0.717, 1.165) is 35.4 Å². The van der Waals surface area contributed by atoms with Gasteiger partial charge in [0.25, 0.3) is 0 Å². The van der Waals surface area contributed by atoms with Crippen LogP contribution in [0.4, 0.5) is 4.79 Å². The van der Waals surface area contributed by atoms with Gasteiger partial charge in [0.05, 0.1) is 29.5 Å². The molecule has 2 aliphatic heterocycles. The SMILES string of the molecule is CC(C)C[C@H](C)/C=C/[C@H](Cc1ccccc1)C(=O)N1CCC[C@H]1C(=O)C[C@H](C(=O)NC(CCCNC(=O)OCc1ccccc1)C(=O)CC1=NCCC(C)S1)C(C)C. The van der Waals surface area contributed by atoms with E-state index in [1.54, 1.807) is 16.7 Å². The summed E-state index contributed by atoms with van der Waals surface area (Å²) in [5, 5.41) is 6.88. The third-order valence-electron chi connectivity index (χ3n) is 10.9. The molecule has 2 aliphatic rings. The van der Waals surface area contributed by atoms with Crippen LogP contribution in [0.3, 0.4) is 0 Å². The fraction of sp³-hybridized carbons (Fsp3) is 0.574. The minimum Gasteiger partial charge on any atom is -0.445 e. The highest BCUT2D eigenvalue weighted by atomic mass is 32.2. The number of amides is 3. The molecule has 0 spiro atoms. The monoisotopic (exact) mass is 814 g/mol. The molecular weight excluding hydrogens is 749 g/mol. The van der Waals surface area contributed by atoms with E-state index in [-0.39, 0.29) is 55.3 Å². The standard InChI is InChI=1S/C47H66N4O6S/c1-32(2)27-34(5)21-22-38(28-36-15-9-7-10-16-36)46(55)51-26-14-20-41(51)43(53)29-39(33(3)4)45(54)50-40(42(52)30-44-48-25-23-35(6)58-44)19-13-24-49-47(56)57-31-37-17-11-8-12-18-37/h7-12,15-18,21-22,32-35,38-41H,13-14,19-20,23-31H2,1-6H3,(H,49,56)(H,50,54)/b22-21+/t34-,35?,38-,39+,40?,41+/m1/s1. The third-order valence-corrected chi connectivity index (χ3v) is 12.1. The van der Waals surface area contributed by atoms with E-state index in [1.807, 2.05) is 80.6 Å². The van der Waals surface area contributed by atoms with Gasteiger partial charge in [-0.1, -0.05) is 114 Å². The Kier molecular flexibility index (Phi) is 19.2. The number of ketones is 2. The molecule has 2 N–H and O–H groups in total. The number of hydrogen-bond donors (Lipinski definition) is 2. The van der Waals surface area contributed by atoms with Gasteiger partial charge in [0.2, 0.25) is 11.8 Å². The highest BCUT2D eigenvalue weighted by molar-refractivity contribution is 8.14. The number of thioether (sulfide) groups is 1. The summed E-state index contributed by atoms with van der Waals surface area (Å²) in [6, 6.07) is 18.0. The summed E-state index contributed by atoms with van der Waals surface area (Å²) >= 11 is 1.59. The molecule has 0 aromatic heterocycles. The Bertz CT molecular complexity index is 1700. The Morgan fingerprint density at radius 3 is 2.28 bits per heavy atom. The minimum atomic E-state index is -0.820. The topological polar surface area (TPSA) is 134 Å². The van der Waals surface area contributed by atoms with Crippen LogP contribution in [0, 0.1) is 29.6 Å². The molecule has 10 nitrogen and oxygen atoms in total. The van der Waals surface area contributed by atoms with E-state index in [4.69, 9.17) is 4.74 Å². The second-order valence-electron chi connectivity index (χ2n) is 16.8. The molecule has 3 amide bonds. The molecule has 2 heterocycles. The Hall–Kier alpha value is -4.25. The zero-order valence-corrected chi connectivity index (χ0v) is 36.3. The van der Waals surface area contributed by atoms with Crippen LogP contribution in [0.15, 0.2) is 77.8 Å². The zero-order chi connectivity index (χ0) is 42.0. The first-order chi connectivity index (χ1) is 27.8. The first-order valence-electron chi connectivity index (χ1n) is 21.3. The molecule has 0 bridgehead atoms. The van der Waals surface area contributed by atoms with Crippen LogP contribution in [0.5, 0.6) is 0 Å². The molecular formula is C47H66N4O6S. The number of Topliss-reactive ketones (excluding diaryl/α,β-unsaturated/α-hetero) is 2. The summed E-state index contributed by atoms with van der Waals surface area (Å²) in [6.07, 6.45) is 8.22. The normalized spacial score (nSPS) is 19.0. The van der Waals surface area contributed by atoms with Gasteiger partial charge < -0.3 is 20.3 Å². The fourth-order valence-electron chi connectivity index (χ4n) is 7.75. The number of likely N-dealkylation sites (tertiary alicyclic amines) is 1. The van der Waals surface area contributed by atoms with Gasteiger partial charge in [-0.3, -0.25) is 24.2 Å². The van der Waals surface area contributed by atoms with Gasteiger partial charge in [0.15, 0.2) is 11.6 Å². The second-order valence-corrected chi connectivity index (χ2v) is 18.3. The lowest BCUT2D eigenvalue weighted by molar-refractivity contribution is -0.141. The van der Waals surface area contributed by atoms with Gasteiger partial charge in [-0.05, 0) is 73.8 Å². The lowest BCUT2D eigenvalue weighted by Gasteiger charge is -2.29. The number of carbonyl (C=O) groups excluding carboxylic acids is 5. The van der Waals surface area contributed by atoms with Gasteiger partial charge in [0.1, 0.15) is 6.61 Å². The second kappa shape index (κ2) is 24.0. The summed E-state index contributed by atoms with van der Waals surface area (Å²) in [6.45, 7) is 14.1. The lowest BCUT2D eigenvalue weighted by atomic mass is 9.86. The molecule has 1 saturated heterocycles. The first-order valence-corrected chi connectivity index (χ1v) is 22.2. The number of aliphatic imine (C=N–C) groups is 1. The Balaban J connectivity index is 1.42. The summed E-state index contributed by atoms with van der Waals surface area (Å²) < 4.78 is 5.33. The van der Waals surface area contributed by atoms with Gasteiger partial charge in [-0.15, -0.1) is 11.8 Å². The van der Waals surface area contributed by atoms with Gasteiger partial charge in [-0.2, -0.15) is 0 Å². The fourth-order valence-corrected chi connectivity index (χ4v) is 8.83. The van der Waals surface area contributed by atoms with Crippen molar-refractivity contribution in [1.29, 1.82) is 0 Å². The smallest absolute Gasteiger partial charge is 0.407 e. The van der Waals surface area contributed by atoms with E-state index >= 15 is 0 Å². The summed E-state index contributed by atoms with van der Waals surface area (Å²) in [5.74, 6) is -1.13. The van der Waals surface area contributed by atoms with Gasteiger partial charge in [-0.25, -0.2) is 4.79 Å². The van der Waals surface area contributed by atoms with Gasteiger partial charge in [0, 0.05) is 37.2 Å². The first kappa shape index (κ1) is 46.4. The summed E-state index contributed by atoms with van der Waals surface area (Å²) in [7, 11) is 0. The van der Waals surface area contributed by atoms with Crippen molar-refractivity contribution >= 4 is 46.3 Å². The molecule has 4 rings (SSSR count). The average Bonchev–Trinajstić information content (AvgIpc) is 3.69. The molecule has 6 atom stereocenters. The molecule has 2 aromatic carbocycles. The molecule has 2 unspecified atom stereocenters. The van der Waals surface area contributed by atoms with E-state index in [2.05, 4.69) is 49.4 Å². The predicted molar refractivity (Wildman–Crippen MR) is 233 cm³/mol. The number of carbonyl (C=O) groups is 5. The molecule has 58 heavy (non-hydrogen) atoms. The molecule has 1 fully saturated rings. The Morgan fingerprint density at radius 1 is 0.931 bits per heavy atom. The van der Waals surface area contributed by atoms with Crippen molar-refractivity contribution < 1.29 is 28.7 Å². The Morgan fingerprint density at radius 2 is 1.62 bits per heavy atom. The number of ether oxygens (including phenoxy) is 1.